The van der Waals surface area contributed by atoms with Gasteiger partial charge in [-0.05, 0) is 63.2 Å². The largest absolute Gasteiger partial charge is 0.460 e. The molecule has 33 unspecified atom stereocenters. The lowest BCUT2D eigenvalue weighted by Crippen LogP contribution is -2.64. The number of aliphatic hydroxyl groups excluding tert-OH is 17. The van der Waals surface area contributed by atoms with Crippen LogP contribution in [0.25, 0.3) is 0 Å². The molecule has 0 radical (unpaired) electrons. The first-order valence-electron chi connectivity index (χ1n) is 32.5. The molecule has 546 valence electrons. The standard InChI is InChI=1S/C61H98O34/c1-81-32-11-23(12-33(82-2)43(32)67)5-9-41(65)85-20-38-46(70)50(74)53(77)58(93-38)87-22-40-48(72)52(76)56(80)61(95-40)91-36-18-27-29(64)16-26(17-30(27)89-57(36)25-7-8-28(63)31(15-25)90-60-55(79)49(73)45(69)37(19-62)92-60)88-59-54(78)51(75)47(71)39(94-59)21-86-42(66)10-6-24-13-34(83-3)44(68)35(14-24)84-4/h5-6,9-10,23-40,43-64,67-80H,7-8,11-22H2,1-4H3/p+1. The number of ether oxygens (including phenoxy) is 15. The predicted octanol–water partition coefficient (Wildman–Crippen LogP) is -8.22. The molecule has 9 aliphatic rings. The summed E-state index contributed by atoms with van der Waals surface area (Å²) in [6, 6.07) is 0. The Kier molecular flexibility index (Phi) is 27.6. The predicted molar refractivity (Wildman–Crippen MR) is 312 cm³/mol. The van der Waals surface area contributed by atoms with Crippen LogP contribution >= 0.6 is 0 Å². The number of methoxy groups -OCH3 is 4. The smallest absolute Gasteiger partial charge is 0.330 e. The molecule has 9 fully saturated rings. The molecule has 33 atom stereocenters. The third-order valence-electron chi connectivity index (χ3n) is 20.4. The average molecular weight is 1380 g/mol. The molecule has 0 spiro atoms. The third kappa shape index (κ3) is 17.9. The maximum atomic E-state index is 13.0. The fourth-order valence-corrected chi connectivity index (χ4v) is 14.7. The fourth-order valence-electron chi connectivity index (χ4n) is 14.7. The van der Waals surface area contributed by atoms with Gasteiger partial charge < -0.3 is 158 Å². The van der Waals surface area contributed by atoms with E-state index in [9.17, 15) is 96.4 Å². The summed E-state index contributed by atoms with van der Waals surface area (Å²) in [5.41, 5.74) is 0. The van der Waals surface area contributed by atoms with Gasteiger partial charge in [0.2, 0.25) is 0 Å². The van der Waals surface area contributed by atoms with E-state index in [1.807, 2.05) is 0 Å². The van der Waals surface area contributed by atoms with Crippen molar-refractivity contribution >= 4 is 11.9 Å². The number of esters is 2. The molecule has 4 aliphatic carbocycles. The third-order valence-corrected chi connectivity index (χ3v) is 20.4. The Morgan fingerprint density at radius 3 is 1.28 bits per heavy atom. The van der Waals surface area contributed by atoms with Crippen LogP contribution in [0.2, 0.25) is 0 Å². The fraction of sp³-hybridized carbons (Fsp3) is 0.902. The first kappa shape index (κ1) is 76.4. The van der Waals surface area contributed by atoms with Gasteiger partial charge in [-0.3, -0.25) is 0 Å². The molecule has 9 rings (SSSR count). The summed E-state index contributed by atoms with van der Waals surface area (Å²) in [7, 11) is 5.79. The van der Waals surface area contributed by atoms with Crippen molar-refractivity contribution in [3.05, 3.63) is 24.3 Å². The maximum absolute atomic E-state index is 13.0. The molecule has 0 aromatic rings. The highest BCUT2D eigenvalue weighted by molar-refractivity contribution is 5.82. The van der Waals surface area contributed by atoms with Crippen LogP contribution in [0, 0.1) is 23.7 Å². The van der Waals surface area contributed by atoms with Gasteiger partial charge in [0.1, 0.15) is 129 Å². The van der Waals surface area contributed by atoms with E-state index in [0.29, 0.717) is 25.7 Å². The second-order valence-electron chi connectivity index (χ2n) is 26.5. The van der Waals surface area contributed by atoms with Gasteiger partial charge in [-0.2, -0.15) is 0 Å². The Bertz CT molecular complexity index is 2420. The highest BCUT2D eigenvalue weighted by atomic mass is 16.8. The van der Waals surface area contributed by atoms with E-state index in [0.717, 1.165) is 6.08 Å². The first-order chi connectivity index (χ1) is 45.3. The van der Waals surface area contributed by atoms with Gasteiger partial charge >= 0.3 is 11.9 Å². The van der Waals surface area contributed by atoms with Gasteiger partial charge in [-0.1, -0.05) is 12.2 Å². The normalized spacial score (nSPS) is 49.3. The topological polar surface area (TPSA) is 520 Å². The Balaban J connectivity index is 0.862. The van der Waals surface area contributed by atoms with Crippen molar-refractivity contribution in [1.29, 1.82) is 0 Å². The minimum Gasteiger partial charge on any atom is -0.460 e. The van der Waals surface area contributed by atoms with E-state index in [-0.39, 0.29) is 50.4 Å². The summed E-state index contributed by atoms with van der Waals surface area (Å²) in [6.45, 7) is -2.73. The minimum absolute atomic E-state index is 0.0360. The van der Waals surface area contributed by atoms with Crippen molar-refractivity contribution in [1.82, 2.24) is 0 Å². The van der Waals surface area contributed by atoms with Crippen molar-refractivity contribution in [3.8, 4) is 0 Å². The first-order valence-corrected chi connectivity index (χ1v) is 32.5. The number of hydrogen-bond acceptors (Lipinski definition) is 33. The van der Waals surface area contributed by atoms with Gasteiger partial charge in [0.25, 0.3) is 0 Å². The number of carbonyl (C=O) groups is 2. The Morgan fingerprint density at radius 1 is 0.411 bits per heavy atom. The van der Waals surface area contributed by atoms with Crippen molar-refractivity contribution in [3.63, 3.8) is 0 Å². The minimum atomic E-state index is -1.99. The van der Waals surface area contributed by atoms with Gasteiger partial charge in [0, 0.05) is 59.4 Å². The molecule has 5 aliphatic heterocycles. The van der Waals surface area contributed by atoms with Gasteiger partial charge in [0.15, 0.2) is 37.4 Å². The summed E-state index contributed by atoms with van der Waals surface area (Å²) in [5.74, 6) is -3.52. The molecule has 0 aromatic heterocycles. The number of fused-ring (bicyclic) bond motifs is 1. The van der Waals surface area contributed by atoms with E-state index in [1.165, 1.54) is 34.5 Å². The molecule has 95 heavy (non-hydrogen) atoms. The highest BCUT2D eigenvalue weighted by Gasteiger charge is 2.58. The quantitative estimate of drug-likeness (QED) is 0.0257. The van der Waals surface area contributed by atoms with Crippen LogP contribution < -0.4 is 0 Å². The van der Waals surface area contributed by atoms with E-state index >= 15 is 0 Å². The Hall–Kier alpha value is -2.78. The van der Waals surface area contributed by atoms with Crippen LogP contribution in [0.5, 0.6) is 0 Å². The summed E-state index contributed by atoms with van der Waals surface area (Å²) >= 11 is 0. The second-order valence-corrected chi connectivity index (χ2v) is 26.5. The second kappa shape index (κ2) is 34.3. The summed E-state index contributed by atoms with van der Waals surface area (Å²) in [6.07, 6.45) is -39.3. The zero-order chi connectivity index (χ0) is 68.9. The molecule has 5 heterocycles. The monoisotopic (exact) mass is 1380 g/mol. The van der Waals surface area contributed by atoms with E-state index in [1.54, 1.807) is 12.2 Å². The number of aliphatic hydroxyl groups is 19. The molecular weight excluding hydrogens is 1280 g/mol. The van der Waals surface area contributed by atoms with Gasteiger partial charge in [-0.25, -0.2) is 9.59 Å². The van der Waals surface area contributed by atoms with Crippen LogP contribution in [-0.4, -0.2) is 361 Å². The number of rotatable bonds is 23. The zero-order valence-corrected chi connectivity index (χ0v) is 53.2. The zero-order valence-electron chi connectivity index (χ0n) is 53.2. The number of hydrogen-bond donors (Lipinski definition) is 17. The van der Waals surface area contributed by atoms with Gasteiger partial charge in [0.05, 0.1) is 68.0 Å². The molecule has 4 saturated carbocycles. The summed E-state index contributed by atoms with van der Waals surface area (Å²) < 4.78 is 85.5. The van der Waals surface area contributed by atoms with Crippen LogP contribution in [0.15, 0.2) is 24.3 Å². The van der Waals surface area contributed by atoms with Crippen LogP contribution in [0.3, 0.4) is 0 Å². The lowest BCUT2D eigenvalue weighted by Gasteiger charge is -2.50. The molecule has 5 saturated heterocycles. The van der Waals surface area contributed by atoms with Crippen LogP contribution in [-0.2, 0) is 75.9 Å². The molecule has 0 bridgehead atoms. The number of allylic oxidation sites excluding steroid dienone is 2. The molecule has 0 aromatic carbocycles. The molecular formula is C61H99O34+. The highest BCUT2D eigenvalue weighted by Crippen LogP contribution is 2.45. The molecule has 34 nitrogen and oxygen atoms in total. The Morgan fingerprint density at radius 2 is 0.821 bits per heavy atom. The maximum Gasteiger partial charge on any atom is 0.330 e. The van der Waals surface area contributed by atoms with Crippen molar-refractivity contribution in [2.45, 2.75) is 266 Å². The van der Waals surface area contributed by atoms with Crippen molar-refractivity contribution < 1.29 is 167 Å². The van der Waals surface area contributed by atoms with E-state index in [2.05, 4.69) is 0 Å². The molecule has 0 amide bonds. The molecule has 34 heteroatoms. The van der Waals surface area contributed by atoms with Crippen molar-refractivity contribution in [2.24, 2.45) is 23.7 Å². The van der Waals surface area contributed by atoms with E-state index < -0.39 is 252 Å². The van der Waals surface area contributed by atoms with Crippen molar-refractivity contribution in [2.75, 3.05) is 54.9 Å². The van der Waals surface area contributed by atoms with E-state index in [4.69, 9.17) is 71.1 Å². The number of carbonyl (C=O) groups excluding carboxylic acids is 2. The van der Waals surface area contributed by atoms with Gasteiger partial charge in [-0.15, -0.1) is 0 Å². The summed E-state index contributed by atoms with van der Waals surface area (Å²) in [4.78, 5) is 25.8. The average Bonchev–Trinajstić information content (AvgIpc) is 0.770. The summed E-state index contributed by atoms with van der Waals surface area (Å²) in [5, 5.41) is 186. The lowest BCUT2D eigenvalue weighted by atomic mass is 9.72. The lowest BCUT2D eigenvalue weighted by molar-refractivity contribution is -0.368. The molecule has 18 N–H and O–H groups in total. The Labute approximate surface area is 547 Å². The van der Waals surface area contributed by atoms with Crippen LogP contribution in [0.4, 0.5) is 0 Å². The SMILES string of the molecule is COC1CC(C=CC(=O)OCC2OC(OCC3OC(OC4CC5C(O)CC(OC6OC(COC(=O)C=CC7CC(OC)C(O)C(OC)C7)C(O)C(O)C6O)CC5[OH+]C4C4CCC(O)C(OC5OC(CO)C(O)C(O)C5O)C4)C(O)C(O)C3O)C(O)C(O)C2O)CC(OC)C1O. The van der Waals surface area contributed by atoms with Crippen LogP contribution in [0.1, 0.15) is 64.2 Å².